The Bertz CT molecular complexity index is 1610. The first kappa shape index (κ1) is 29.5. The maximum absolute atomic E-state index is 13.3. The summed E-state index contributed by atoms with van der Waals surface area (Å²) in [7, 11) is 0. The predicted octanol–water partition coefficient (Wildman–Crippen LogP) is 6.84. The normalized spacial score (nSPS) is 18.9. The van der Waals surface area contributed by atoms with E-state index in [9.17, 15) is 14.4 Å². The number of urea groups is 1. The zero-order valence-corrected chi connectivity index (χ0v) is 25.0. The highest BCUT2D eigenvalue weighted by Gasteiger charge is 2.26. The van der Waals surface area contributed by atoms with Crippen molar-refractivity contribution in [2.24, 2.45) is 0 Å². The van der Waals surface area contributed by atoms with Gasteiger partial charge in [0.05, 0.1) is 35.0 Å². The fraction of sp³-hybridized carbons (Fsp3) is 0.412. The van der Waals surface area contributed by atoms with E-state index in [2.05, 4.69) is 20.5 Å². The van der Waals surface area contributed by atoms with Gasteiger partial charge in [0.1, 0.15) is 12.1 Å². The second-order valence-corrected chi connectivity index (χ2v) is 11.7. The van der Waals surface area contributed by atoms with Crippen LogP contribution in [0, 0.1) is 0 Å². The van der Waals surface area contributed by atoms with Crippen LogP contribution in [0.5, 0.6) is 0 Å². The standard InChI is InChI=1S/C34H39N5O5/c1-2-44-33(41)23-7-6-8-27(19-23)37-34(42)36-26-14-12-25(13-15-26)35-32(40)22-11-16-30-29(20-22)38-31(24-17-18-43-21-24)39(30)28-9-4-3-5-10-28/h6-8,11,16-21,25-26,28H,2-5,9-10,12-15H2,1H3,(H,35,40)(H2,36,37,42). The van der Waals surface area contributed by atoms with Crippen LogP contribution in [0.3, 0.4) is 0 Å². The van der Waals surface area contributed by atoms with Crippen molar-refractivity contribution in [3.05, 3.63) is 72.2 Å². The van der Waals surface area contributed by atoms with E-state index >= 15 is 0 Å². The predicted molar refractivity (Wildman–Crippen MR) is 168 cm³/mol. The van der Waals surface area contributed by atoms with E-state index in [4.69, 9.17) is 14.1 Å². The minimum absolute atomic E-state index is 0.00200. The third-order valence-electron chi connectivity index (χ3n) is 8.70. The molecule has 230 valence electrons. The molecule has 10 nitrogen and oxygen atoms in total. The van der Waals surface area contributed by atoms with Gasteiger partial charge in [-0.15, -0.1) is 0 Å². The number of esters is 1. The highest BCUT2D eigenvalue weighted by atomic mass is 16.5. The van der Waals surface area contributed by atoms with Gasteiger partial charge < -0.3 is 29.7 Å². The Labute approximate surface area is 256 Å². The summed E-state index contributed by atoms with van der Waals surface area (Å²) in [6, 6.07) is 14.5. The van der Waals surface area contributed by atoms with Gasteiger partial charge >= 0.3 is 12.0 Å². The average molecular weight is 598 g/mol. The molecule has 44 heavy (non-hydrogen) atoms. The second-order valence-electron chi connectivity index (χ2n) is 11.7. The van der Waals surface area contributed by atoms with Crippen LogP contribution in [0.4, 0.5) is 10.5 Å². The molecular weight excluding hydrogens is 558 g/mol. The van der Waals surface area contributed by atoms with E-state index in [0.29, 0.717) is 22.9 Å². The molecule has 0 bridgehead atoms. The van der Waals surface area contributed by atoms with Crippen LogP contribution in [0.2, 0.25) is 0 Å². The average Bonchev–Trinajstić information content (AvgIpc) is 3.71. The Kier molecular flexibility index (Phi) is 8.95. The highest BCUT2D eigenvalue weighted by Crippen LogP contribution is 2.36. The van der Waals surface area contributed by atoms with Gasteiger partial charge in [-0.1, -0.05) is 25.3 Å². The summed E-state index contributed by atoms with van der Waals surface area (Å²) in [5, 5.41) is 9.01. The molecule has 6 rings (SSSR count). The molecule has 2 aliphatic rings. The number of fused-ring (bicyclic) bond motifs is 1. The van der Waals surface area contributed by atoms with Gasteiger partial charge in [-0.25, -0.2) is 14.6 Å². The van der Waals surface area contributed by atoms with E-state index < -0.39 is 5.97 Å². The van der Waals surface area contributed by atoms with E-state index in [0.717, 1.165) is 60.9 Å². The van der Waals surface area contributed by atoms with Gasteiger partial charge in [-0.3, -0.25) is 4.79 Å². The fourth-order valence-corrected chi connectivity index (χ4v) is 6.49. The zero-order valence-electron chi connectivity index (χ0n) is 25.0. The first-order valence-corrected chi connectivity index (χ1v) is 15.7. The van der Waals surface area contributed by atoms with Gasteiger partial charge in [-0.05, 0) is 87.9 Å². The third-order valence-corrected chi connectivity index (χ3v) is 8.70. The van der Waals surface area contributed by atoms with E-state index in [-0.39, 0.29) is 30.6 Å². The van der Waals surface area contributed by atoms with Crippen molar-refractivity contribution in [1.29, 1.82) is 0 Å². The molecule has 3 N–H and O–H groups in total. The Balaban J connectivity index is 1.05. The third kappa shape index (κ3) is 6.64. The number of rotatable bonds is 8. The topological polar surface area (TPSA) is 127 Å². The van der Waals surface area contributed by atoms with Crippen LogP contribution < -0.4 is 16.0 Å². The summed E-state index contributed by atoms with van der Waals surface area (Å²) in [6.45, 7) is 2.04. The lowest BCUT2D eigenvalue weighted by Crippen LogP contribution is -2.44. The summed E-state index contributed by atoms with van der Waals surface area (Å²) in [6.07, 6.45) is 12.4. The molecule has 0 atom stereocenters. The number of ether oxygens (including phenoxy) is 1. The molecule has 2 heterocycles. The van der Waals surface area contributed by atoms with Crippen LogP contribution in [0.1, 0.15) is 91.5 Å². The van der Waals surface area contributed by atoms with Crippen molar-refractivity contribution in [2.75, 3.05) is 11.9 Å². The monoisotopic (exact) mass is 597 g/mol. The Morgan fingerprint density at radius 1 is 0.909 bits per heavy atom. The molecule has 2 aromatic carbocycles. The molecule has 0 unspecified atom stereocenters. The Hall–Kier alpha value is -4.60. The number of furan rings is 1. The number of aromatic nitrogens is 2. The maximum atomic E-state index is 13.3. The second kappa shape index (κ2) is 13.4. The van der Waals surface area contributed by atoms with Crippen molar-refractivity contribution >= 4 is 34.6 Å². The SMILES string of the molecule is CCOC(=O)c1cccc(NC(=O)NC2CCC(NC(=O)c3ccc4c(c3)nc(-c3ccoc3)n4C3CCCCC3)CC2)c1. The number of carbonyl (C=O) groups excluding carboxylic acids is 3. The van der Waals surface area contributed by atoms with Crippen molar-refractivity contribution < 1.29 is 23.5 Å². The molecule has 0 aliphatic heterocycles. The first-order chi connectivity index (χ1) is 21.5. The molecule has 2 aromatic heterocycles. The van der Waals surface area contributed by atoms with Gasteiger partial charge in [0.25, 0.3) is 5.91 Å². The van der Waals surface area contributed by atoms with Crippen LogP contribution in [0.25, 0.3) is 22.4 Å². The number of imidazole rings is 1. The summed E-state index contributed by atoms with van der Waals surface area (Å²) >= 11 is 0. The molecule has 4 aromatic rings. The largest absolute Gasteiger partial charge is 0.472 e. The summed E-state index contributed by atoms with van der Waals surface area (Å²) < 4.78 is 12.7. The number of hydrogen-bond acceptors (Lipinski definition) is 6. The number of anilines is 1. The van der Waals surface area contributed by atoms with Crippen molar-refractivity contribution in [3.8, 4) is 11.4 Å². The van der Waals surface area contributed by atoms with Gasteiger partial charge in [0.2, 0.25) is 0 Å². The lowest BCUT2D eigenvalue weighted by molar-refractivity contribution is 0.0526. The number of amides is 3. The Morgan fingerprint density at radius 2 is 1.68 bits per heavy atom. The maximum Gasteiger partial charge on any atom is 0.338 e. The lowest BCUT2D eigenvalue weighted by Gasteiger charge is -2.29. The van der Waals surface area contributed by atoms with Crippen molar-refractivity contribution in [1.82, 2.24) is 20.2 Å². The minimum atomic E-state index is -0.426. The minimum Gasteiger partial charge on any atom is -0.472 e. The fourth-order valence-electron chi connectivity index (χ4n) is 6.49. The number of nitrogens with one attached hydrogen (secondary N) is 3. The Morgan fingerprint density at radius 3 is 2.41 bits per heavy atom. The number of hydrogen-bond donors (Lipinski definition) is 3. The molecule has 0 radical (unpaired) electrons. The smallest absolute Gasteiger partial charge is 0.338 e. The van der Waals surface area contributed by atoms with Gasteiger partial charge in [0, 0.05) is 29.4 Å². The number of benzene rings is 2. The quantitative estimate of drug-likeness (QED) is 0.191. The molecule has 2 saturated carbocycles. The molecule has 0 saturated heterocycles. The number of carbonyl (C=O) groups is 3. The van der Waals surface area contributed by atoms with Crippen LogP contribution in [-0.4, -0.2) is 46.1 Å². The number of nitrogens with zero attached hydrogens (tertiary/aromatic N) is 2. The van der Waals surface area contributed by atoms with Crippen LogP contribution >= 0.6 is 0 Å². The lowest BCUT2D eigenvalue weighted by atomic mass is 9.91. The molecule has 0 spiro atoms. The zero-order chi connectivity index (χ0) is 30.5. The first-order valence-electron chi connectivity index (χ1n) is 15.7. The van der Waals surface area contributed by atoms with E-state index in [1.807, 2.05) is 24.3 Å². The van der Waals surface area contributed by atoms with Crippen molar-refractivity contribution in [2.45, 2.75) is 82.8 Å². The highest BCUT2D eigenvalue weighted by molar-refractivity contribution is 5.98. The van der Waals surface area contributed by atoms with Gasteiger partial charge in [0.15, 0.2) is 0 Å². The molecular formula is C34H39N5O5. The summed E-state index contributed by atoms with van der Waals surface area (Å²) in [5.74, 6) is 0.351. The van der Waals surface area contributed by atoms with E-state index in [1.165, 1.54) is 19.3 Å². The van der Waals surface area contributed by atoms with Gasteiger partial charge in [-0.2, -0.15) is 0 Å². The van der Waals surface area contributed by atoms with Crippen LogP contribution in [0.15, 0.2) is 65.5 Å². The van der Waals surface area contributed by atoms with Crippen molar-refractivity contribution in [3.63, 3.8) is 0 Å². The molecule has 3 amide bonds. The summed E-state index contributed by atoms with van der Waals surface area (Å²) in [4.78, 5) is 42.9. The van der Waals surface area contributed by atoms with Crippen LogP contribution in [-0.2, 0) is 4.74 Å². The molecule has 2 aliphatic carbocycles. The van der Waals surface area contributed by atoms with E-state index in [1.54, 1.807) is 43.7 Å². The molecule has 10 heteroatoms. The molecule has 2 fully saturated rings. The summed E-state index contributed by atoms with van der Waals surface area (Å²) in [5.41, 5.74) is 4.30.